The van der Waals surface area contributed by atoms with E-state index in [1.807, 2.05) is 0 Å². The van der Waals surface area contributed by atoms with Crippen LogP contribution in [0.4, 0.5) is 13.2 Å². The number of rotatable bonds is 3. The Morgan fingerprint density at radius 2 is 1.86 bits per heavy atom. The number of aromatic nitrogens is 5. The summed E-state index contributed by atoms with van der Waals surface area (Å²) in [5, 5.41) is 7.59. The zero-order valence-electron chi connectivity index (χ0n) is 11.3. The van der Waals surface area contributed by atoms with Crippen LogP contribution in [0.5, 0.6) is 5.75 Å². The molecule has 0 aliphatic heterocycles. The Bertz CT molecular complexity index is 776. The second-order valence-electron chi connectivity index (χ2n) is 4.34. The highest BCUT2D eigenvalue weighted by atomic mass is 19.4. The monoisotopic (exact) mass is 309 g/mol. The van der Waals surface area contributed by atoms with Gasteiger partial charge in [0.1, 0.15) is 5.75 Å². The van der Waals surface area contributed by atoms with Crippen molar-refractivity contribution in [2.75, 3.05) is 7.11 Å². The van der Waals surface area contributed by atoms with Gasteiger partial charge in [-0.25, -0.2) is 9.67 Å². The maximum absolute atomic E-state index is 12.8. The average Bonchev–Trinajstić information content (AvgIpc) is 3.15. The first-order chi connectivity index (χ1) is 10.5. The van der Waals surface area contributed by atoms with Gasteiger partial charge in [-0.05, 0) is 24.3 Å². The van der Waals surface area contributed by atoms with Crippen molar-refractivity contribution in [1.82, 2.24) is 24.5 Å². The van der Waals surface area contributed by atoms with E-state index in [9.17, 15) is 13.2 Å². The second-order valence-corrected chi connectivity index (χ2v) is 4.34. The lowest BCUT2D eigenvalue weighted by Crippen LogP contribution is -2.13. The number of alkyl halides is 3. The Balaban J connectivity index is 1.95. The molecular weight excluding hydrogens is 299 g/mol. The lowest BCUT2D eigenvalue weighted by molar-refractivity contribution is -0.146. The first-order valence-corrected chi connectivity index (χ1v) is 6.17. The molecule has 2 aromatic heterocycles. The molecule has 114 valence electrons. The quantitative estimate of drug-likeness (QED) is 0.746. The van der Waals surface area contributed by atoms with Gasteiger partial charge >= 0.3 is 6.18 Å². The summed E-state index contributed by atoms with van der Waals surface area (Å²) >= 11 is 0. The minimum Gasteiger partial charge on any atom is -0.497 e. The second kappa shape index (κ2) is 5.17. The molecule has 0 atom stereocenters. The molecule has 0 amide bonds. The lowest BCUT2D eigenvalue weighted by atomic mass is 10.3. The van der Waals surface area contributed by atoms with Crippen LogP contribution in [-0.4, -0.2) is 31.7 Å². The predicted octanol–water partition coefficient (Wildman–Crippen LogP) is 2.48. The van der Waals surface area contributed by atoms with Crippen LogP contribution >= 0.6 is 0 Å². The minimum atomic E-state index is -4.56. The Morgan fingerprint density at radius 1 is 1.14 bits per heavy atom. The number of imidazole rings is 1. The molecule has 1 aromatic carbocycles. The fourth-order valence-corrected chi connectivity index (χ4v) is 1.92. The van der Waals surface area contributed by atoms with Crippen LogP contribution in [0, 0.1) is 0 Å². The summed E-state index contributed by atoms with van der Waals surface area (Å²) in [7, 11) is 1.54. The minimum absolute atomic E-state index is 0.0284. The Labute approximate surface area is 122 Å². The molecule has 0 unspecified atom stereocenters. The smallest absolute Gasteiger partial charge is 0.450 e. The molecule has 2 heterocycles. The first kappa shape index (κ1) is 14.1. The van der Waals surface area contributed by atoms with E-state index in [4.69, 9.17) is 4.74 Å². The Hall–Kier alpha value is -2.84. The Kier molecular flexibility index (Phi) is 3.32. The number of nitrogens with zero attached hydrogens (tertiary/aromatic N) is 5. The number of ether oxygens (including phenoxy) is 1. The van der Waals surface area contributed by atoms with Crippen LogP contribution in [0.25, 0.3) is 11.5 Å². The van der Waals surface area contributed by atoms with Crippen molar-refractivity contribution < 1.29 is 17.9 Å². The molecule has 3 aromatic rings. The van der Waals surface area contributed by atoms with Crippen LogP contribution in [0.2, 0.25) is 0 Å². The fourth-order valence-electron chi connectivity index (χ4n) is 1.92. The van der Waals surface area contributed by atoms with Gasteiger partial charge < -0.3 is 4.74 Å². The molecule has 22 heavy (non-hydrogen) atoms. The van der Waals surface area contributed by atoms with Gasteiger partial charge in [-0.1, -0.05) is 5.21 Å². The molecule has 0 radical (unpaired) electrons. The molecule has 6 nitrogen and oxygen atoms in total. The van der Waals surface area contributed by atoms with Gasteiger partial charge in [0.2, 0.25) is 5.82 Å². The van der Waals surface area contributed by atoms with Gasteiger partial charge in [0.05, 0.1) is 19.0 Å². The largest absolute Gasteiger partial charge is 0.497 e. The van der Waals surface area contributed by atoms with Gasteiger partial charge in [0, 0.05) is 12.4 Å². The molecule has 0 aliphatic rings. The molecule has 0 aliphatic carbocycles. The van der Waals surface area contributed by atoms with E-state index in [2.05, 4.69) is 15.3 Å². The van der Waals surface area contributed by atoms with Gasteiger partial charge in [0.25, 0.3) is 0 Å². The number of hydrogen-bond donors (Lipinski definition) is 0. The molecule has 0 spiro atoms. The van der Waals surface area contributed by atoms with Crippen LogP contribution in [0.15, 0.2) is 42.9 Å². The van der Waals surface area contributed by atoms with Crippen LogP contribution < -0.4 is 4.74 Å². The van der Waals surface area contributed by atoms with Gasteiger partial charge in [-0.15, -0.1) is 5.10 Å². The van der Waals surface area contributed by atoms with Gasteiger partial charge in [-0.3, -0.25) is 4.57 Å². The summed E-state index contributed by atoms with van der Waals surface area (Å²) < 4.78 is 45.7. The van der Waals surface area contributed by atoms with E-state index in [1.54, 1.807) is 31.4 Å². The zero-order chi connectivity index (χ0) is 15.7. The number of hydrogen-bond acceptors (Lipinski definition) is 4. The molecule has 0 N–H and O–H groups in total. The summed E-state index contributed by atoms with van der Waals surface area (Å²) in [5.41, 5.74) is 0.647. The molecule has 0 saturated heterocycles. The van der Waals surface area contributed by atoms with Crippen molar-refractivity contribution >= 4 is 0 Å². The third kappa shape index (κ3) is 2.52. The van der Waals surface area contributed by atoms with E-state index in [-0.39, 0.29) is 5.82 Å². The van der Waals surface area contributed by atoms with E-state index in [0.717, 1.165) is 10.8 Å². The highest BCUT2D eigenvalue weighted by molar-refractivity contribution is 5.37. The van der Waals surface area contributed by atoms with Crippen molar-refractivity contribution in [3.63, 3.8) is 0 Å². The summed E-state index contributed by atoms with van der Waals surface area (Å²) in [4.78, 5) is 3.31. The normalized spacial score (nSPS) is 11.6. The lowest BCUT2D eigenvalue weighted by Gasteiger charge is -2.06. The number of benzene rings is 1. The number of halogens is 3. The van der Waals surface area contributed by atoms with Gasteiger partial charge in [0.15, 0.2) is 5.82 Å². The summed E-state index contributed by atoms with van der Waals surface area (Å²) in [6.07, 6.45) is -0.924. The highest BCUT2D eigenvalue weighted by Gasteiger charge is 2.36. The van der Waals surface area contributed by atoms with Crippen LogP contribution in [-0.2, 0) is 6.18 Å². The standard InChI is InChI=1S/C13H10F3N5O/c1-22-10-4-2-9(3-5-10)21-8-11(18-19-21)20-7-6-17-12(20)13(14,15)16/h2-8H,1H3. The Morgan fingerprint density at radius 3 is 2.50 bits per heavy atom. The van der Waals surface area contributed by atoms with Crippen molar-refractivity contribution in [3.8, 4) is 17.3 Å². The van der Waals surface area contributed by atoms with Crippen molar-refractivity contribution in [3.05, 3.63) is 48.7 Å². The van der Waals surface area contributed by atoms with Crippen molar-refractivity contribution in [2.45, 2.75) is 6.18 Å². The van der Waals surface area contributed by atoms with E-state index in [0.29, 0.717) is 11.4 Å². The SMILES string of the molecule is COc1ccc(-n2cc(-n3ccnc3C(F)(F)F)nn2)cc1. The average molecular weight is 309 g/mol. The maximum Gasteiger partial charge on any atom is 0.450 e. The topological polar surface area (TPSA) is 57.8 Å². The predicted molar refractivity (Wildman–Crippen MR) is 70.0 cm³/mol. The molecule has 3 rings (SSSR count). The summed E-state index contributed by atoms with van der Waals surface area (Å²) in [6, 6.07) is 6.87. The first-order valence-electron chi connectivity index (χ1n) is 6.17. The molecule has 0 saturated carbocycles. The molecular formula is C13H10F3N5O. The third-order valence-electron chi connectivity index (χ3n) is 2.96. The van der Waals surface area contributed by atoms with Crippen molar-refractivity contribution in [1.29, 1.82) is 0 Å². The third-order valence-corrected chi connectivity index (χ3v) is 2.96. The van der Waals surface area contributed by atoms with Crippen molar-refractivity contribution in [2.24, 2.45) is 0 Å². The fraction of sp³-hybridized carbons (Fsp3) is 0.154. The number of methoxy groups -OCH3 is 1. The van der Waals surface area contributed by atoms with Crippen LogP contribution in [0.1, 0.15) is 5.82 Å². The maximum atomic E-state index is 12.8. The van der Waals surface area contributed by atoms with E-state index < -0.39 is 12.0 Å². The summed E-state index contributed by atoms with van der Waals surface area (Å²) in [6.45, 7) is 0. The summed E-state index contributed by atoms with van der Waals surface area (Å²) in [5.74, 6) is -0.354. The van der Waals surface area contributed by atoms with E-state index in [1.165, 1.54) is 17.1 Å². The molecule has 9 heteroatoms. The zero-order valence-corrected chi connectivity index (χ0v) is 11.3. The van der Waals surface area contributed by atoms with E-state index >= 15 is 0 Å². The van der Waals surface area contributed by atoms with Crippen LogP contribution in [0.3, 0.4) is 0 Å². The highest BCUT2D eigenvalue weighted by Crippen LogP contribution is 2.29. The van der Waals surface area contributed by atoms with Gasteiger partial charge in [-0.2, -0.15) is 13.2 Å². The molecule has 0 fully saturated rings. The molecule has 0 bridgehead atoms.